The highest BCUT2D eigenvalue weighted by Crippen LogP contribution is 2.27. The molecule has 3 heteroatoms. The summed E-state index contributed by atoms with van der Waals surface area (Å²) in [5, 5.41) is 0. The molecule has 0 heterocycles. The second-order valence-corrected chi connectivity index (χ2v) is 6.79. The maximum Gasteiger partial charge on any atom is 0.0875 e. The van der Waals surface area contributed by atoms with Gasteiger partial charge in [0.1, 0.15) is 0 Å². The minimum Gasteiger partial charge on any atom is -0.330 e. The van der Waals surface area contributed by atoms with E-state index in [-0.39, 0.29) is 0 Å². The molecule has 0 spiro atoms. The zero-order chi connectivity index (χ0) is 8.04. The van der Waals surface area contributed by atoms with Crippen molar-refractivity contribution >= 4 is 19.2 Å². The Hall–Kier alpha value is 0.740. The molecule has 0 aromatic rings. The summed E-state index contributed by atoms with van der Waals surface area (Å²) in [7, 11) is 7.84. The maximum atomic E-state index is 2.25. The van der Waals surface area contributed by atoms with Gasteiger partial charge in [-0.15, -0.1) is 11.4 Å². The SMILES string of the molecule is CCPSCC[N+](C)(C)C. The highest BCUT2D eigenvalue weighted by molar-refractivity contribution is 8.49. The average Bonchev–Trinajstić information content (AvgIpc) is 1.78. The van der Waals surface area contributed by atoms with E-state index in [2.05, 4.69) is 39.4 Å². The minimum absolute atomic E-state index is 1.10. The fourth-order valence-corrected chi connectivity index (χ4v) is 2.80. The minimum atomic E-state index is 1.10. The lowest BCUT2D eigenvalue weighted by atomic mass is 10.6. The third-order valence-corrected chi connectivity index (χ3v) is 4.08. The molecule has 0 aromatic carbocycles. The predicted molar refractivity (Wildman–Crippen MR) is 54.2 cm³/mol. The van der Waals surface area contributed by atoms with Crippen molar-refractivity contribution in [1.82, 2.24) is 0 Å². The smallest absolute Gasteiger partial charge is 0.0875 e. The summed E-state index contributed by atoms with van der Waals surface area (Å²) in [5.41, 5.74) is 0. The van der Waals surface area contributed by atoms with E-state index in [1.165, 1.54) is 18.5 Å². The normalized spacial score (nSPS) is 13.2. The molecule has 1 unspecified atom stereocenters. The van der Waals surface area contributed by atoms with Crippen LogP contribution in [-0.2, 0) is 0 Å². The highest BCUT2D eigenvalue weighted by atomic mass is 32.7. The maximum absolute atomic E-state index is 2.25. The third-order valence-electron chi connectivity index (χ3n) is 1.11. The van der Waals surface area contributed by atoms with Gasteiger partial charge in [-0.1, -0.05) is 14.7 Å². The number of hydrogen-bond donors (Lipinski definition) is 0. The van der Waals surface area contributed by atoms with E-state index in [4.69, 9.17) is 0 Å². The van der Waals surface area contributed by atoms with Crippen molar-refractivity contribution in [3.8, 4) is 0 Å². The predicted octanol–water partition coefficient (Wildman–Crippen LogP) is 2.04. The van der Waals surface area contributed by atoms with Crippen LogP contribution in [0, 0.1) is 0 Å². The van der Waals surface area contributed by atoms with Gasteiger partial charge in [-0.3, -0.25) is 0 Å². The van der Waals surface area contributed by atoms with E-state index < -0.39 is 0 Å². The molecule has 0 fully saturated rings. The van der Waals surface area contributed by atoms with Crippen LogP contribution in [0.1, 0.15) is 6.92 Å². The fourth-order valence-electron chi connectivity index (χ4n) is 0.494. The van der Waals surface area contributed by atoms with Crippen LogP contribution in [0.15, 0.2) is 0 Å². The van der Waals surface area contributed by atoms with E-state index >= 15 is 0 Å². The molecule has 1 nitrogen and oxygen atoms in total. The van der Waals surface area contributed by atoms with Crippen molar-refractivity contribution in [3.05, 3.63) is 0 Å². The molecule has 0 aromatic heterocycles. The molecule has 0 radical (unpaired) electrons. The number of hydrogen-bond acceptors (Lipinski definition) is 1. The summed E-state index contributed by atoms with van der Waals surface area (Å²) in [4.78, 5) is 0. The standard InChI is InChI=1S/C7H19NPS/c1-5-9-10-7-6-8(2,3)4/h9H,5-7H2,1-4H3/q+1. The van der Waals surface area contributed by atoms with Gasteiger partial charge in [-0.2, -0.15) is 0 Å². The molecular weight excluding hydrogens is 161 g/mol. The molecule has 1 atom stereocenters. The third kappa shape index (κ3) is 8.74. The lowest BCUT2D eigenvalue weighted by Gasteiger charge is -2.23. The zero-order valence-corrected chi connectivity index (χ0v) is 9.29. The summed E-state index contributed by atoms with van der Waals surface area (Å²) in [6.07, 6.45) is 1.34. The highest BCUT2D eigenvalue weighted by Gasteiger charge is 2.04. The molecule has 0 bridgehead atoms. The van der Waals surface area contributed by atoms with Gasteiger partial charge in [0, 0.05) is 5.75 Å². The Labute approximate surface area is 70.7 Å². The first kappa shape index (κ1) is 10.7. The second-order valence-electron chi connectivity index (χ2n) is 3.36. The first-order valence-corrected chi connectivity index (χ1v) is 6.63. The lowest BCUT2D eigenvalue weighted by Crippen LogP contribution is -2.36. The number of nitrogens with zero attached hydrogens (tertiary/aromatic N) is 1. The molecule has 0 saturated carbocycles. The molecule has 10 heavy (non-hydrogen) atoms. The lowest BCUT2D eigenvalue weighted by molar-refractivity contribution is -0.867. The molecule has 0 N–H and O–H groups in total. The van der Waals surface area contributed by atoms with Crippen LogP contribution in [0.4, 0.5) is 0 Å². The van der Waals surface area contributed by atoms with E-state index in [9.17, 15) is 0 Å². The number of quaternary nitrogens is 1. The van der Waals surface area contributed by atoms with Gasteiger partial charge in [0.05, 0.1) is 27.7 Å². The van der Waals surface area contributed by atoms with E-state index in [1.54, 1.807) is 0 Å². The van der Waals surface area contributed by atoms with Crippen molar-refractivity contribution < 1.29 is 4.48 Å². The Bertz CT molecular complexity index is 80.2. The summed E-state index contributed by atoms with van der Waals surface area (Å²) in [6, 6.07) is 0. The van der Waals surface area contributed by atoms with Gasteiger partial charge < -0.3 is 4.48 Å². The van der Waals surface area contributed by atoms with Crippen LogP contribution in [0.3, 0.4) is 0 Å². The first-order chi connectivity index (χ1) is 4.56. The Kier molecular flexibility index (Phi) is 5.80. The number of rotatable bonds is 5. The second kappa shape index (κ2) is 5.40. The molecular formula is C7H19NPS+. The largest absolute Gasteiger partial charge is 0.330 e. The molecule has 0 saturated heterocycles. The quantitative estimate of drug-likeness (QED) is 0.354. The molecule has 0 aliphatic carbocycles. The van der Waals surface area contributed by atoms with Crippen molar-refractivity contribution in [2.75, 3.05) is 39.6 Å². The Morgan fingerprint density at radius 1 is 1.30 bits per heavy atom. The topological polar surface area (TPSA) is 0 Å². The van der Waals surface area contributed by atoms with Crippen LogP contribution in [0.25, 0.3) is 0 Å². The summed E-state index contributed by atoms with van der Waals surface area (Å²) in [5.74, 6) is 1.32. The van der Waals surface area contributed by atoms with Crippen molar-refractivity contribution in [1.29, 1.82) is 0 Å². The average molecular weight is 180 g/mol. The summed E-state index contributed by atoms with van der Waals surface area (Å²) in [6.45, 7) is 3.54. The van der Waals surface area contributed by atoms with Gasteiger partial charge in [-0.25, -0.2) is 0 Å². The van der Waals surface area contributed by atoms with E-state index in [0.29, 0.717) is 0 Å². The van der Waals surface area contributed by atoms with Gasteiger partial charge >= 0.3 is 0 Å². The van der Waals surface area contributed by atoms with Gasteiger partial charge in [0.25, 0.3) is 0 Å². The van der Waals surface area contributed by atoms with E-state index in [1.807, 2.05) is 0 Å². The summed E-state index contributed by atoms with van der Waals surface area (Å²) >= 11 is 2.09. The molecule has 0 aliphatic rings. The van der Waals surface area contributed by atoms with Crippen molar-refractivity contribution in [3.63, 3.8) is 0 Å². The van der Waals surface area contributed by atoms with Gasteiger partial charge in [0.15, 0.2) is 0 Å². The first-order valence-electron chi connectivity index (χ1n) is 3.71. The van der Waals surface area contributed by atoms with E-state index in [0.717, 1.165) is 12.3 Å². The molecule has 0 aliphatic heterocycles. The molecule has 0 rings (SSSR count). The Balaban J connectivity index is 3.04. The molecule has 0 amide bonds. The Morgan fingerprint density at radius 2 is 1.90 bits per heavy atom. The monoisotopic (exact) mass is 180 g/mol. The molecule has 62 valence electrons. The van der Waals surface area contributed by atoms with Crippen LogP contribution >= 0.6 is 19.2 Å². The summed E-state index contributed by atoms with van der Waals surface area (Å²) < 4.78 is 1.10. The van der Waals surface area contributed by atoms with Crippen molar-refractivity contribution in [2.45, 2.75) is 6.92 Å². The fraction of sp³-hybridized carbons (Fsp3) is 1.00. The zero-order valence-electron chi connectivity index (χ0n) is 7.48. The Morgan fingerprint density at radius 3 is 2.30 bits per heavy atom. The van der Waals surface area contributed by atoms with Crippen LogP contribution < -0.4 is 0 Å². The van der Waals surface area contributed by atoms with Crippen LogP contribution in [0.2, 0.25) is 0 Å². The van der Waals surface area contributed by atoms with Gasteiger partial charge in [-0.05, 0) is 6.16 Å². The van der Waals surface area contributed by atoms with Crippen molar-refractivity contribution in [2.24, 2.45) is 0 Å². The van der Waals surface area contributed by atoms with Gasteiger partial charge in [0.2, 0.25) is 0 Å². The van der Waals surface area contributed by atoms with Crippen LogP contribution in [0.5, 0.6) is 0 Å². The van der Waals surface area contributed by atoms with Crippen LogP contribution in [-0.4, -0.2) is 44.1 Å².